The second-order valence-electron chi connectivity index (χ2n) is 9.48. The maximum absolute atomic E-state index is 13.2. The molecule has 2 aromatic carbocycles. The number of thiocarbonyl (C=S) groups is 1. The van der Waals surface area contributed by atoms with Crippen molar-refractivity contribution in [1.29, 1.82) is 0 Å². The number of ether oxygens (including phenoxy) is 1. The van der Waals surface area contributed by atoms with Crippen LogP contribution in [0.3, 0.4) is 0 Å². The summed E-state index contributed by atoms with van der Waals surface area (Å²) in [7, 11) is 0. The largest absolute Gasteiger partial charge is 0.462 e. The standard InChI is InChI=1S/C30H33N3O4S3/c1-4-37-29(36)26-24-11-6-5-7-12-25(24)40-28(26)33-27(35)19(3)39-23-10-8-9-22(17-23)32-30(38)31-21-15-13-20(14-16-21)18(2)34/h8-10,13-17,19H,4-7,11-12H2,1-3H3,(H,33,35)(H2,31,32,38). The molecule has 1 atom stereocenters. The summed E-state index contributed by atoms with van der Waals surface area (Å²) in [5.74, 6) is -0.527. The van der Waals surface area contributed by atoms with Crippen LogP contribution in [0.2, 0.25) is 0 Å². The van der Waals surface area contributed by atoms with Crippen LogP contribution in [0.15, 0.2) is 53.4 Å². The summed E-state index contributed by atoms with van der Waals surface area (Å²) >= 11 is 8.38. The second-order valence-corrected chi connectivity index (χ2v) is 12.4. The number of benzene rings is 2. The van der Waals surface area contributed by atoms with E-state index in [1.165, 1.54) is 34.9 Å². The topological polar surface area (TPSA) is 96.5 Å². The smallest absolute Gasteiger partial charge is 0.341 e. The van der Waals surface area contributed by atoms with E-state index in [4.69, 9.17) is 17.0 Å². The number of hydrogen-bond acceptors (Lipinski definition) is 7. The molecule has 1 unspecified atom stereocenters. The number of thioether (sulfide) groups is 1. The predicted octanol–water partition coefficient (Wildman–Crippen LogP) is 7.32. The Morgan fingerprint density at radius 2 is 1.73 bits per heavy atom. The quantitative estimate of drug-likeness (QED) is 0.0778. The zero-order valence-corrected chi connectivity index (χ0v) is 25.2. The molecule has 3 aromatic rings. The number of carbonyl (C=O) groups is 3. The van der Waals surface area contributed by atoms with Crippen molar-refractivity contribution in [2.45, 2.75) is 63.0 Å². The molecule has 1 amide bonds. The van der Waals surface area contributed by atoms with Crippen LogP contribution in [-0.2, 0) is 22.4 Å². The first kappa shape index (κ1) is 29.8. The number of nitrogens with one attached hydrogen (secondary N) is 3. The molecule has 10 heteroatoms. The number of ketones is 1. The minimum absolute atomic E-state index is 0.00818. The number of hydrogen-bond donors (Lipinski definition) is 3. The summed E-state index contributed by atoms with van der Waals surface area (Å²) in [6.07, 6.45) is 5.02. The summed E-state index contributed by atoms with van der Waals surface area (Å²) in [5, 5.41) is 9.89. The average Bonchev–Trinajstić information content (AvgIpc) is 3.09. The van der Waals surface area contributed by atoms with Crippen molar-refractivity contribution < 1.29 is 19.1 Å². The molecule has 40 heavy (non-hydrogen) atoms. The van der Waals surface area contributed by atoms with E-state index in [1.807, 2.05) is 31.2 Å². The Balaban J connectivity index is 1.39. The van der Waals surface area contributed by atoms with E-state index in [1.54, 1.807) is 31.2 Å². The fourth-order valence-electron chi connectivity index (χ4n) is 4.45. The van der Waals surface area contributed by atoms with Crippen LogP contribution in [0, 0.1) is 0 Å². The van der Waals surface area contributed by atoms with Gasteiger partial charge in [0.2, 0.25) is 5.91 Å². The van der Waals surface area contributed by atoms with Crippen molar-refractivity contribution in [2.75, 3.05) is 22.6 Å². The lowest BCUT2D eigenvalue weighted by Gasteiger charge is -2.14. The van der Waals surface area contributed by atoms with E-state index in [-0.39, 0.29) is 17.7 Å². The SMILES string of the molecule is CCOC(=O)c1c(NC(=O)C(C)Sc2cccc(NC(=S)Nc3ccc(C(C)=O)cc3)c2)sc2c1CCCCC2. The molecule has 0 saturated heterocycles. The molecule has 4 rings (SSSR count). The van der Waals surface area contributed by atoms with Crippen molar-refractivity contribution in [3.8, 4) is 0 Å². The number of esters is 1. The van der Waals surface area contributed by atoms with Gasteiger partial charge in [0, 0.05) is 26.7 Å². The third-order valence-corrected chi connectivity index (χ3v) is 8.97. The molecular formula is C30H33N3O4S3. The van der Waals surface area contributed by atoms with E-state index in [0.717, 1.165) is 53.9 Å². The van der Waals surface area contributed by atoms with Crippen LogP contribution in [-0.4, -0.2) is 34.6 Å². The Bertz CT molecular complexity index is 1400. The summed E-state index contributed by atoms with van der Waals surface area (Å²) < 4.78 is 5.34. The number of rotatable bonds is 9. The van der Waals surface area contributed by atoms with Crippen LogP contribution in [0.1, 0.15) is 71.2 Å². The molecule has 3 N–H and O–H groups in total. The van der Waals surface area contributed by atoms with Crippen LogP contribution >= 0.6 is 35.3 Å². The summed E-state index contributed by atoms with van der Waals surface area (Å²) in [6.45, 7) is 5.46. The fraction of sp³-hybridized carbons (Fsp3) is 0.333. The molecule has 7 nitrogen and oxygen atoms in total. The molecule has 0 bridgehead atoms. The first-order valence-corrected chi connectivity index (χ1v) is 15.4. The van der Waals surface area contributed by atoms with Gasteiger partial charge < -0.3 is 20.7 Å². The first-order valence-electron chi connectivity index (χ1n) is 13.3. The Morgan fingerprint density at radius 3 is 2.45 bits per heavy atom. The van der Waals surface area contributed by atoms with E-state index >= 15 is 0 Å². The summed E-state index contributed by atoms with van der Waals surface area (Å²) in [6, 6.07) is 14.8. The van der Waals surface area contributed by atoms with Gasteiger partial charge in [-0.25, -0.2) is 4.79 Å². The third kappa shape index (κ3) is 7.71. The molecular weight excluding hydrogens is 563 g/mol. The van der Waals surface area contributed by atoms with E-state index < -0.39 is 5.25 Å². The van der Waals surface area contributed by atoms with Gasteiger partial charge in [0.1, 0.15) is 5.00 Å². The Labute approximate surface area is 248 Å². The number of Topliss-reactive ketones (excluding diaryl/α,β-unsaturated/α-hetero) is 1. The first-order chi connectivity index (χ1) is 19.2. The van der Waals surface area contributed by atoms with Gasteiger partial charge in [-0.1, -0.05) is 12.5 Å². The highest BCUT2D eigenvalue weighted by atomic mass is 32.2. The van der Waals surface area contributed by atoms with Crippen molar-refractivity contribution in [3.63, 3.8) is 0 Å². The van der Waals surface area contributed by atoms with Gasteiger partial charge in [0.15, 0.2) is 10.9 Å². The zero-order chi connectivity index (χ0) is 28.6. The minimum Gasteiger partial charge on any atom is -0.462 e. The maximum atomic E-state index is 13.2. The van der Waals surface area contributed by atoms with Gasteiger partial charge in [-0.2, -0.15) is 0 Å². The van der Waals surface area contributed by atoms with Crippen molar-refractivity contribution in [3.05, 3.63) is 70.1 Å². The van der Waals surface area contributed by atoms with Gasteiger partial charge in [0.05, 0.1) is 17.4 Å². The monoisotopic (exact) mass is 595 g/mol. The van der Waals surface area contributed by atoms with E-state index in [9.17, 15) is 14.4 Å². The van der Waals surface area contributed by atoms with E-state index in [2.05, 4.69) is 16.0 Å². The molecule has 0 saturated carbocycles. The maximum Gasteiger partial charge on any atom is 0.341 e. The molecule has 0 radical (unpaired) electrons. The Kier molecular flexibility index (Phi) is 10.4. The number of fused-ring (bicyclic) bond motifs is 1. The lowest BCUT2D eigenvalue weighted by Crippen LogP contribution is -2.23. The highest BCUT2D eigenvalue weighted by Crippen LogP contribution is 2.38. The zero-order valence-electron chi connectivity index (χ0n) is 22.8. The van der Waals surface area contributed by atoms with Crippen molar-refractivity contribution >= 4 is 74.5 Å². The van der Waals surface area contributed by atoms with Crippen LogP contribution < -0.4 is 16.0 Å². The summed E-state index contributed by atoms with van der Waals surface area (Å²) in [4.78, 5) is 39.6. The third-order valence-electron chi connectivity index (χ3n) is 6.46. The number of anilines is 3. The van der Waals surface area contributed by atoms with Crippen LogP contribution in [0.4, 0.5) is 16.4 Å². The number of aryl methyl sites for hydroxylation is 1. The Morgan fingerprint density at radius 1 is 1.00 bits per heavy atom. The lowest BCUT2D eigenvalue weighted by molar-refractivity contribution is -0.115. The number of carbonyl (C=O) groups excluding carboxylic acids is 3. The normalized spacial score (nSPS) is 13.4. The highest BCUT2D eigenvalue weighted by molar-refractivity contribution is 8.00. The average molecular weight is 596 g/mol. The van der Waals surface area contributed by atoms with Gasteiger partial charge >= 0.3 is 5.97 Å². The minimum atomic E-state index is -0.405. The van der Waals surface area contributed by atoms with Crippen LogP contribution in [0.25, 0.3) is 0 Å². The molecule has 1 heterocycles. The Hall–Kier alpha value is -3.21. The van der Waals surface area contributed by atoms with Crippen LogP contribution in [0.5, 0.6) is 0 Å². The highest BCUT2D eigenvalue weighted by Gasteiger charge is 2.27. The van der Waals surface area contributed by atoms with Crippen molar-refractivity contribution in [2.24, 2.45) is 0 Å². The van der Waals surface area contributed by atoms with Crippen molar-refractivity contribution in [1.82, 2.24) is 0 Å². The molecule has 1 aliphatic carbocycles. The lowest BCUT2D eigenvalue weighted by atomic mass is 10.1. The predicted molar refractivity (Wildman–Crippen MR) is 168 cm³/mol. The molecule has 0 fully saturated rings. The van der Waals surface area contributed by atoms with Gasteiger partial charge in [-0.05, 0) is 107 Å². The molecule has 0 aliphatic heterocycles. The molecule has 1 aromatic heterocycles. The molecule has 0 spiro atoms. The molecule has 1 aliphatic rings. The summed E-state index contributed by atoms with van der Waals surface area (Å²) in [5.41, 5.74) is 3.75. The fourth-order valence-corrected chi connectivity index (χ4v) is 6.89. The van der Waals surface area contributed by atoms with Gasteiger partial charge in [-0.3, -0.25) is 9.59 Å². The number of amides is 1. The van der Waals surface area contributed by atoms with Gasteiger partial charge in [0.25, 0.3) is 0 Å². The molecule has 210 valence electrons. The number of thiophene rings is 1. The van der Waals surface area contributed by atoms with E-state index in [0.29, 0.717) is 27.8 Å². The second kappa shape index (κ2) is 13.9. The van der Waals surface area contributed by atoms with Gasteiger partial charge in [-0.15, -0.1) is 23.1 Å².